The molecule has 0 aromatic carbocycles. The van der Waals surface area contributed by atoms with E-state index >= 15 is 0 Å². The summed E-state index contributed by atoms with van der Waals surface area (Å²) < 4.78 is 2.40. The summed E-state index contributed by atoms with van der Waals surface area (Å²) >= 11 is 1.61. The molecule has 0 aliphatic carbocycles. The van der Waals surface area contributed by atoms with E-state index in [-0.39, 0.29) is 56.8 Å². The van der Waals surface area contributed by atoms with Gasteiger partial charge in [0.05, 0.1) is 0 Å². The maximum absolute atomic E-state index is 11.5. The molecule has 0 aromatic rings. The Balaban J connectivity index is 3.90. The molecule has 0 aliphatic rings. The molecular formula is C7H17I3N3O-3. The molecule has 0 radical (unpaired) electrons. The predicted octanol–water partition coefficient (Wildman–Crippen LogP) is -5.36. The molecule has 0 saturated heterocycles. The van der Waals surface area contributed by atoms with Crippen LogP contribution < -0.4 is 54.2 Å². The van der Waals surface area contributed by atoms with Gasteiger partial charge in [-0.25, -0.2) is 0 Å². The van der Waals surface area contributed by atoms with Crippen LogP contribution in [-0.2, 0) is 0 Å². The first-order valence-electron chi connectivity index (χ1n) is 4.27. The van der Waals surface area contributed by atoms with E-state index in [1.54, 1.807) is 0 Å². The molecule has 7 heteroatoms. The Labute approximate surface area is 121 Å². The fourth-order valence-electron chi connectivity index (χ4n) is 0.647. The first-order valence-corrected chi connectivity index (χ1v) is 10.8. The molecule has 0 amide bonds. The van der Waals surface area contributed by atoms with Gasteiger partial charge >= 0.3 is 122 Å². The summed E-state index contributed by atoms with van der Waals surface area (Å²) in [5.74, 6) is 0. The van der Waals surface area contributed by atoms with E-state index in [1.165, 1.54) is 3.28 Å². The number of halogens is 3. The molecule has 90 valence electrons. The van der Waals surface area contributed by atoms with Crippen molar-refractivity contribution in [3.63, 3.8) is 0 Å². The molecule has 4 N–H and O–H groups in total. The predicted molar refractivity (Wildman–Crippen MR) is 59.8 cm³/mol. The van der Waals surface area contributed by atoms with Crippen molar-refractivity contribution in [2.75, 3.05) is 2.43 Å². The van der Waals surface area contributed by atoms with Crippen LogP contribution in [0.1, 0.15) is 20.3 Å². The number of hydrogen-bond donors (Lipinski definition) is 2. The standard InChI is InChI=1S/C7H17I3N3O/c1-3-6(11)10-7(12)5(2)13(14)9-4-8/h5-7H,3-4,11-12H2,1-2H3/q-3. The van der Waals surface area contributed by atoms with Crippen molar-refractivity contribution >= 4 is 22.6 Å². The van der Waals surface area contributed by atoms with Gasteiger partial charge in [0.2, 0.25) is 0 Å². The Morgan fingerprint density at radius 1 is 1.50 bits per heavy atom. The van der Waals surface area contributed by atoms with Gasteiger partial charge in [0.1, 0.15) is 0 Å². The molecular weight excluding hydrogens is 523 g/mol. The van der Waals surface area contributed by atoms with Crippen LogP contribution in [0.25, 0.3) is 0 Å². The maximum atomic E-state index is 11.5. The fraction of sp³-hybridized carbons (Fsp3) is 1.00. The van der Waals surface area contributed by atoms with Crippen molar-refractivity contribution in [3.05, 3.63) is 5.21 Å². The molecule has 0 fully saturated rings. The van der Waals surface area contributed by atoms with Gasteiger partial charge in [0.15, 0.2) is 0 Å². The van der Waals surface area contributed by atoms with Gasteiger partial charge in [-0.1, -0.05) is 0 Å². The van der Waals surface area contributed by atoms with E-state index < -0.39 is 0 Å². The van der Waals surface area contributed by atoms with Crippen LogP contribution in [0, 0.1) is 5.21 Å². The monoisotopic (exact) mass is 540 g/mol. The Hall–Kier alpha value is 2.03. The van der Waals surface area contributed by atoms with Gasteiger partial charge in [-0.05, 0) is 0 Å². The number of hydrogen-bond acceptors (Lipinski definition) is 4. The van der Waals surface area contributed by atoms with Gasteiger partial charge in [-0.15, -0.1) is 0 Å². The van der Waals surface area contributed by atoms with Crippen LogP contribution in [0.2, 0.25) is 0 Å². The molecule has 3 unspecified atom stereocenters. The summed E-state index contributed by atoms with van der Waals surface area (Å²) in [4.78, 5) is 0. The minimum absolute atomic E-state index is 0.0175. The van der Waals surface area contributed by atoms with Gasteiger partial charge in [-0.2, -0.15) is 0 Å². The minimum atomic E-state index is -0.378. The summed E-state index contributed by atoms with van der Waals surface area (Å²) in [7, 11) is 0. The average Bonchev–Trinajstić information content (AvgIpc) is 2.16. The van der Waals surface area contributed by atoms with Gasteiger partial charge < -0.3 is 0 Å². The SMILES string of the molecule is CCC(N)[I-]C(N)C(C)N([O-])[I-]CI. The Morgan fingerprint density at radius 2 is 2.07 bits per heavy atom. The van der Waals surface area contributed by atoms with Crippen molar-refractivity contribution in [3.8, 4) is 0 Å². The summed E-state index contributed by atoms with van der Waals surface area (Å²) in [6.07, 6.45) is 0.966. The topological polar surface area (TPSA) is 78.3 Å². The molecule has 0 aliphatic heterocycles. The van der Waals surface area contributed by atoms with E-state index in [1.807, 2.05) is 6.92 Å². The van der Waals surface area contributed by atoms with Gasteiger partial charge in [0, 0.05) is 0 Å². The molecule has 0 aromatic heterocycles. The van der Waals surface area contributed by atoms with Crippen molar-refractivity contribution in [1.82, 2.24) is 3.28 Å². The first kappa shape index (κ1) is 16.0. The van der Waals surface area contributed by atoms with E-state index in [0.29, 0.717) is 0 Å². The summed E-state index contributed by atoms with van der Waals surface area (Å²) in [5, 5.41) is 11.5. The van der Waals surface area contributed by atoms with Crippen LogP contribution in [0.5, 0.6) is 0 Å². The zero-order valence-corrected chi connectivity index (χ0v) is 14.8. The number of alkyl halides is 4. The molecule has 0 saturated carbocycles. The van der Waals surface area contributed by atoms with Gasteiger partial charge in [-0.3, -0.25) is 0 Å². The number of nitrogens with two attached hydrogens (primary N) is 2. The van der Waals surface area contributed by atoms with Crippen LogP contribution in [0.15, 0.2) is 0 Å². The fourth-order valence-corrected chi connectivity index (χ4v) is 6.66. The molecule has 0 spiro atoms. The molecule has 3 atom stereocenters. The molecule has 4 nitrogen and oxygen atoms in total. The average molecular weight is 540 g/mol. The van der Waals surface area contributed by atoms with E-state index in [2.05, 4.69) is 29.5 Å². The van der Waals surface area contributed by atoms with Crippen LogP contribution in [0.4, 0.5) is 0 Å². The van der Waals surface area contributed by atoms with Gasteiger partial charge in [0.25, 0.3) is 0 Å². The molecule has 14 heavy (non-hydrogen) atoms. The second-order valence-corrected chi connectivity index (χ2v) is 12.6. The second-order valence-electron chi connectivity index (χ2n) is 2.73. The van der Waals surface area contributed by atoms with Crippen molar-refractivity contribution in [2.45, 2.75) is 34.4 Å². The quantitative estimate of drug-likeness (QED) is 0.111. The normalized spacial score (nSPS) is 18.8. The number of hydroxylamine groups is 1. The molecule has 0 bridgehead atoms. The van der Waals surface area contributed by atoms with Crippen LogP contribution in [0.3, 0.4) is 0 Å². The Bertz CT molecular complexity index is 152. The zero-order chi connectivity index (χ0) is 11.1. The van der Waals surface area contributed by atoms with Crippen molar-refractivity contribution in [1.29, 1.82) is 0 Å². The van der Waals surface area contributed by atoms with E-state index in [9.17, 15) is 5.21 Å². The Kier molecular flexibility index (Phi) is 10.4. The van der Waals surface area contributed by atoms with Crippen molar-refractivity contribution in [2.24, 2.45) is 11.5 Å². The van der Waals surface area contributed by atoms with Crippen LogP contribution >= 0.6 is 22.6 Å². The van der Waals surface area contributed by atoms with Crippen molar-refractivity contribution < 1.29 is 42.7 Å². The summed E-state index contributed by atoms with van der Waals surface area (Å²) in [6, 6.07) is -0.0389. The van der Waals surface area contributed by atoms with Crippen LogP contribution in [-0.4, -0.2) is 19.8 Å². The molecule has 0 heterocycles. The number of rotatable bonds is 7. The third kappa shape index (κ3) is 6.58. The zero-order valence-electron chi connectivity index (χ0n) is 8.29. The third-order valence-corrected chi connectivity index (χ3v) is 8.86. The second kappa shape index (κ2) is 9.10. The summed E-state index contributed by atoms with van der Waals surface area (Å²) in [6.45, 7) is 3.99. The summed E-state index contributed by atoms with van der Waals surface area (Å²) in [5.41, 5.74) is 11.8. The van der Waals surface area contributed by atoms with E-state index in [4.69, 9.17) is 11.5 Å². The molecule has 0 rings (SSSR count). The first-order chi connectivity index (χ1) is 6.52. The Morgan fingerprint density at radius 3 is 2.50 bits per heavy atom. The number of nitrogens with zero attached hydrogens (tertiary/aromatic N) is 1. The third-order valence-electron chi connectivity index (χ3n) is 1.64. The van der Waals surface area contributed by atoms with E-state index in [0.717, 1.165) is 8.86 Å².